The zero-order valence-electron chi connectivity index (χ0n) is 13.6. The van der Waals surface area contributed by atoms with Crippen LogP contribution in [0.5, 0.6) is 11.5 Å². The average molecular weight is 400 g/mol. The van der Waals surface area contributed by atoms with Crippen LogP contribution in [0.15, 0.2) is 40.9 Å². The average Bonchev–Trinajstić information content (AvgIpc) is 2.61. The Kier molecular flexibility index (Phi) is 6.62. The van der Waals surface area contributed by atoms with E-state index >= 15 is 0 Å². The van der Waals surface area contributed by atoms with Crippen molar-refractivity contribution in [2.75, 3.05) is 13.2 Å². The molecular weight excluding hydrogens is 385 g/mol. The van der Waals surface area contributed by atoms with Crippen molar-refractivity contribution in [1.82, 2.24) is 0 Å². The van der Waals surface area contributed by atoms with E-state index in [2.05, 4.69) is 21.9 Å². The van der Waals surface area contributed by atoms with E-state index in [0.29, 0.717) is 28.1 Å². The number of allylic oxidation sites excluding steroid dienone is 1. The molecular formula is C20H15BrFNO2. The maximum Gasteiger partial charge on any atom is 0.163 e. The molecule has 0 fully saturated rings. The predicted molar refractivity (Wildman–Crippen MR) is 99.5 cm³/mol. The lowest BCUT2D eigenvalue weighted by molar-refractivity contribution is 0.299. The molecule has 25 heavy (non-hydrogen) atoms. The van der Waals surface area contributed by atoms with Gasteiger partial charge < -0.3 is 9.47 Å². The van der Waals surface area contributed by atoms with E-state index < -0.39 is 5.82 Å². The Morgan fingerprint density at radius 3 is 2.64 bits per heavy atom. The molecule has 0 heterocycles. The van der Waals surface area contributed by atoms with Crippen molar-refractivity contribution < 1.29 is 13.9 Å². The first-order chi connectivity index (χ1) is 12.1. The van der Waals surface area contributed by atoms with Gasteiger partial charge in [0, 0.05) is 10.0 Å². The highest BCUT2D eigenvalue weighted by Crippen LogP contribution is 2.35. The number of ether oxygens (including phenoxy) is 2. The Bertz CT molecular complexity index is 878. The minimum Gasteiger partial charge on any atom is -0.490 e. The Labute approximate surface area is 154 Å². The van der Waals surface area contributed by atoms with Crippen molar-refractivity contribution in [2.24, 2.45) is 0 Å². The van der Waals surface area contributed by atoms with Crippen LogP contribution in [0.2, 0.25) is 0 Å². The minimum absolute atomic E-state index is 0.111. The van der Waals surface area contributed by atoms with E-state index in [1.807, 2.05) is 13.0 Å². The number of hydrogen-bond donors (Lipinski definition) is 0. The van der Waals surface area contributed by atoms with E-state index in [1.165, 1.54) is 6.07 Å². The molecule has 2 aromatic rings. The first kappa shape index (κ1) is 18.6. The highest BCUT2D eigenvalue weighted by Gasteiger charge is 2.12. The van der Waals surface area contributed by atoms with Crippen LogP contribution < -0.4 is 9.47 Å². The third-order valence-corrected chi connectivity index (χ3v) is 3.94. The summed E-state index contributed by atoms with van der Waals surface area (Å²) in [4.78, 5) is 0. The van der Waals surface area contributed by atoms with Crippen molar-refractivity contribution in [3.05, 3.63) is 57.8 Å². The Morgan fingerprint density at radius 2 is 2.00 bits per heavy atom. The molecule has 0 N–H and O–H groups in total. The molecule has 3 nitrogen and oxygen atoms in total. The van der Waals surface area contributed by atoms with Crippen LogP contribution >= 0.6 is 15.9 Å². The Morgan fingerprint density at radius 1 is 1.28 bits per heavy atom. The van der Waals surface area contributed by atoms with E-state index in [4.69, 9.17) is 15.9 Å². The summed E-state index contributed by atoms with van der Waals surface area (Å²) in [6, 6.07) is 11.6. The van der Waals surface area contributed by atoms with E-state index in [9.17, 15) is 9.65 Å². The van der Waals surface area contributed by atoms with Gasteiger partial charge in [-0.05, 0) is 36.8 Å². The summed E-state index contributed by atoms with van der Waals surface area (Å²) < 4.78 is 25.7. The van der Waals surface area contributed by atoms with Gasteiger partial charge in [0.25, 0.3) is 0 Å². The fourth-order valence-electron chi connectivity index (χ4n) is 2.17. The molecule has 0 atom stereocenters. The summed E-state index contributed by atoms with van der Waals surface area (Å²) in [6.45, 7) is 2.40. The fourth-order valence-corrected chi connectivity index (χ4v) is 2.60. The van der Waals surface area contributed by atoms with Gasteiger partial charge >= 0.3 is 0 Å². The van der Waals surface area contributed by atoms with Crippen LogP contribution in [-0.4, -0.2) is 13.2 Å². The normalized spacial score (nSPS) is 10.7. The molecule has 2 rings (SSSR count). The molecule has 0 aliphatic rings. The zero-order valence-corrected chi connectivity index (χ0v) is 15.1. The number of nitriles is 1. The minimum atomic E-state index is -0.453. The Hall–Kier alpha value is -2.76. The van der Waals surface area contributed by atoms with Crippen molar-refractivity contribution in [3.63, 3.8) is 0 Å². The van der Waals surface area contributed by atoms with Crippen LogP contribution in [0.25, 0.3) is 11.6 Å². The molecule has 0 amide bonds. The summed E-state index contributed by atoms with van der Waals surface area (Å²) in [7, 11) is 0. The zero-order chi connectivity index (χ0) is 18.2. The second-order valence-electron chi connectivity index (χ2n) is 4.90. The molecule has 0 radical (unpaired) electrons. The topological polar surface area (TPSA) is 42.2 Å². The smallest absolute Gasteiger partial charge is 0.163 e. The molecule has 0 aliphatic carbocycles. The van der Waals surface area contributed by atoms with Crippen LogP contribution in [0, 0.1) is 29.5 Å². The van der Waals surface area contributed by atoms with Crippen LogP contribution in [0.3, 0.4) is 0 Å². The molecule has 0 aromatic heterocycles. The third kappa shape index (κ3) is 4.62. The van der Waals surface area contributed by atoms with Gasteiger partial charge in [-0.2, -0.15) is 5.26 Å². The lowest BCUT2D eigenvalue weighted by atomic mass is 10.0. The second-order valence-corrected chi connectivity index (χ2v) is 5.75. The SMILES string of the molecule is C#CCOc1cc(Br)c(C=C(C#N)c2ccccc2F)cc1OCC. The van der Waals surface area contributed by atoms with Crippen LogP contribution in [0.4, 0.5) is 4.39 Å². The summed E-state index contributed by atoms with van der Waals surface area (Å²) in [6.07, 6.45) is 6.82. The van der Waals surface area contributed by atoms with Gasteiger partial charge in [0.15, 0.2) is 11.5 Å². The number of terminal acetylenes is 1. The summed E-state index contributed by atoms with van der Waals surface area (Å²) in [5, 5.41) is 9.42. The molecule has 0 saturated heterocycles. The van der Waals surface area contributed by atoms with Gasteiger partial charge in [0.1, 0.15) is 12.4 Å². The maximum absolute atomic E-state index is 14.0. The molecule has 0 unspecified atom stereocenters. The molecule has 0 spiro atoms. The molecule has 126 valence electrons. The van der Waals surface area contributed by atoms with E-state index in [-0.39, 0.29) is 17.7 Å². The van der Waals surface area contributed by atoms with Crippen LogP contribution in [-0.2, 0) is 0 Å². The standard InChI is InChI=1S/C20H15BrFNO2/c1-3-9-25-20-12-17(21)14(11-19(20)24-4-2)10-15(13-23)16-7-5-6-8-18(16)22/h1,5-8,10-12H,4,9H2,2H3. The number of nitrogens with zero attached hydrogens (tertiary/aromatic N) is 1. The fraction of sp³-hybridized carbons (Fsp3) is 0.150. The first-order valence-electron chi connectivity index (χ1n) is 7.50. The van der Waals surface area contributed by atoms with Gasteiger partial charge in [-0.3, -0.25) is 0 Å². The van der Waals surface area contributed by atoms with E-state index in [0.717, 1.165) is 0 Å². The summed E-state index contributed by atoms with van der Waals surface area (Å²) >= 11 is 3.44. The first-order valence-corrected chi connectivity index (χ1v) is 8.29. The summed E-state index contributed by atoms with van der Waals surface area (Å²) in [5.41, 5.74) is 1.11. The number of benzene rings is 2. The van der Waals surface area contributed by atoms with Gasteiger partial charge in [-0.25, -0.2) is 4.39 Å². The van der Waals surface area contributed by atoms with Gasteiger partial charge in [0.2, 0.25) is 0 Å². The number of rotatable bonds is 6. The van der Waals surface area contributed by atoms with E-state index in [1.54, 1.807) is 36.4 Å². The highest BCUT2D eigenvalue weighted by atomic mass is 79.9. The third-order valence-electron chi connectivity index (χ3n) is 3.26. The quantitative estimate of drug-likeness (QED) is 0.387. The summed E-state index contributed by atoms with van der Waals surface area (Å²) in [5.74, 6) is 2.94. The van der Waals surface area contributed by atoms with Gasteiger partial charge in [0.05, 0.1) is 18.2 Å². The van der Waals surface area contributed by atoms with Gasteiger partial charge in [-0.1, -0.05) is 40.0 Å². The Balaban J connectivity index is 2.51. The number of hydrogen-bond acceptors (Lipinski definition) is 3. The lowest BCUT2D eigenvalue weighted by Gasteiger charge is -2.13. The predicted octanol–water partition coefficient (Wildman–Crippen LogP) is 5.06. The van der Waals surface area contributed by atoms with Crippen molar-refractivity contribution in [2.45, 2.75) is 6.92 Å². The highest BCUT2D eigenvalue weighted by molar-refractivity contribution is 9.10. The van der Waals surface area contributed by atoms with Crippen molar-refractivity contribution >= 4 is 27.6 Å². The van der Waals surface area contributed by atoms with Gasteiger partial charge in [-0.15, -0.1) is 6.42 Å². The van der Waals surface area contributed by atoms with Crippen LogP contribution in [0.1, 0.15) is 18.1 Å². The molecule has 0 aliphatic heterocycles. The molecule has 0 bridgehead atoms. The monoisotopic (exact) mass is 399 g/mol. The largest absolute Gasteiger partial charge is 0.490 e. The second kappa shape index (κ2) is 8.92. The molecule has 5 heteroatoms. The molecule has 2 aromatic carbocycles. The number of halogens is 2. The lowest BCUT2D eigenvalue weighted by Crippen LogP contribution is -2.00. The van der Waals surface area contributed by atoms with Crippen molar-refractivity contribution in [1.29, 1.82) is 5.26 Å². The molecule has 0 saturated carbocycles. The maximum atomic E-state index is 14.0. The van der Waals surface area contributed by atoms with Crippen molar-refractivity contribution in [3.8, 4) is 29.9 Å².